The molecule has 1 heterocycles. The molecule has 1 aliphatic rings. The minimum atomic E-state index is -0.958. The number of nitrogens with zero attached hydrogens (tertiary/aromatic N) is 3. The molecule has 20 heavy (non-hydrogen) atoms. The summed E-state index contributed by atoms with van der Waals surface area (Å²) in [6.07, 6.45) is 1.60. The number of carboxylic acids is 1. The maximum absolute atomic E-state index is 10.7. The molecular formula is C13H16N4O3. The van der Waals surface area contributed by atoms with Crippen LogP contribution in [-0.2, 0) is 0 Å². The number of carbonyl (C=O) groups is 1. The fourth-order valence-electron chi connectivity index (χ4n) is 1.72. The average molecular weight is 276 g/mol. The van der Waals surface area contributed by atoms with E-state index < -0.39 is 5.97 Å². The molecule has 0 bridgehead atoms. The van der Waals surface area contributed by atoms with E-state index in [0.717, 1.165) is 12.1 Å². The van der Waals surface area contributed by atoms with Crippen molar-refractivity contribution in [3.05, 3.63) is 35.4 Å². The smallest absolute Gasteiger partial charge is 0.335 e. The van der Waals surface area contributed by atoms with E-state index in [9.17, 15) is 4.79 Å². The largest absolute Gasteiger partial charge is 0.478 e. The number of hydrazone groups is 1. The standard InChI is InChI=1S/C13H16N4O3/c18-8-7-17(13-14-5-6-15-13)16-9-10-1-3-11(4-2-10)12(19)20/h1-4,9,18H,5-8H2,(H,14,15)(H,19,20)/b16-9-. The van der Waals surface area contributed by atoms with Crippen LogP contribution in [0.4, 0.5) is 0 Å². The van der Waals surface area contributed by atoms with Gasteiger partial charge in [-0.05, 0) is 17.7 Å². The Morgan fingerprint density at radius 1 is 1.45 bits per heavy atom. The Kier molecular flexibility index (Phi) is 4.67. The van der Waals surface area contributed by atoms with Gasteiger partial charge in [-0.2, -0.15) is 5.10 Å². The third-order valence-corrected chi connectivity index (χ3v) is 2.72. The zero-order valence-electron chi connectivity index (χ0n) is 10.9. The first-order valence-electron chi connectivity index (χ1n) is 6.25. The Hall–Kier alpha value is -2.41. The lowest BCUT2D eigenvalue weighted by molar-refractivity contribution is 0.0697. The third kappa shape index (κ3) is 3.55. The molecule has 0 unspecified atom stereocenters. The molecule has 0 radical (unpaired) electrons. The van der Waals surface area contributed by atoms with Gasteiger partial charge in [0.2, 0.25) is 5.96 Å². The van der Waals surface area contributed by atoms with Gasteiger partial charge >= 0.3 is 5.97 Å². The maximum atomic E-state index is 10.7. The van der Waals surface area contributed by atoms with Crippen molar-refractivity contribution in [3.63, 3.8) is 0 Å². The van der Waals surface area contributed by atoms with E-state index in [4.69, 9.17) is 10.2 Å². The predicted molar refractivity (Wildman–Crippen MR) is 75.1 cm³/mol. The van der Waals surface area contributed by atoms with Crippen molar-refractivity contribution in [2.24, 2.45) is 10.1 Å². The second kappa shape index (κ2) is 6.67. The number of rotatable bonds is 5. The van der Waals surface area contributed by atoms with Crippen molar-refractivity contribution in [1.29, 1.82) is 0 Å². The predicted octanol–water partition coefficient (Wildman–Crippen LogP) is -0.0278. The fraction of sp³-hybridized carbons (Fsp3) is 0.308. The Morgan fingerprint density at radius 2 is 2.20 bits per heavy atom. The van der Waals surface area contributed by atoms with Crippen LogP contribution in [0.3, 0.4) is 0 Å². The van der Waals surface area contributed by atoms with E-state index in [2.05, 4.69) is 15.4 Å². The van der Waals surface area contributed by atoms with E-state index in [1.165, 1.54) is 12.1 Å². The zero-order valence-corrected chi connectivity index (χ0v) is 10.9. The Morgan fingerprint density at radius 3 is 2.75 bits per heavy atom. The molecule has 1 aromatic rings. The van der Waals surface area contributed by atoms with Gasteiger partial charge in [0.1, 0.15) is 0 Å². The second-order valence-corrected chi connectivity index (χ2v) is 4.15. The van der Waals surface area contributed by atoms with Gasteiger partial charge in [-0.15, -0.1) is 0 Å². The number of hydrogen-bond donors (Lipinski definition) is 3. The van der Waals surface area contributed by atoms with Gasteiger partial charge in [0, 0.05) is 6.54 Å². The van der Waals surface area contributed by atoms with Gasteiger partial charge in [-0.25, -0.2) is 14.8 Å². The van der Waals surface area contributed by atoms with Gasteiger partial charge in [0.25, 0.3) is 0 Å². The van der Waals surface area contributed by atoms with Gasteiger partial charge in [0.15, 0.2) is 0 Å². The van der Waals surface area contributed by atoms with Crippen LogP contribution in [0.5, 0.6) is 0 Å². The molecule has 3 N–H and O–H groups in total. The summed E-state index contributed by atoms with van der Waals surface area (Å²) >= 11 is 0. The highest BCUT2D eigenvalue weighted by Gasteiger charge is 2.12. The highest BCUT2D eigenvalue weighted by Crippen LogP contribution is 2.03. The molecule has 0 aromatic heterocycles. The molecule has 0 aliphatic carbocycles. The average Bonchev–Trinajstić information content (AvgIpc) is 2.98. The fourth-order valence-corrected chi connectivity index (χ4v) is 1.72. The van der Waals surface area contributed by atoms with Crippen molar-refractivity contribution < 1.29 is 15.0 Å². The van der Waals surface area contributed by atoms with Gasteiger partial charge in [-0.3, -0.25) is 0 Å². The minimum Gasteiger partial charge on any atom is -0.478 e. The molecule has 7 nitrogen and oxygen atoms in total. The van der Waals surface area contributed by atoms with Crippen molar-refractivity contribution in [1.82, 2.24) is 10.3 Å². The Labute approximate surface area is 116 Å². The summed E-state index contributed by atoms with van der Waals surface area (Å²) in [6, 6.07) is 6.39. The van der Waals surface area contributed by atoms with E-state index in [1.807, 2.05) is 0 Å². The van der Waals surface area contributed by atoms with Crippen LogP contribution in [0.25, 0.3) is 0 Å². The molecular weight excluding hydrogens is 260 g/mol. The zero-order chi connectivity index (χ0) is 14.4. The van der Waals surface area contributed by atoms with Gasteiger partial charge in [0.05, 0.1) is 31.5 Å². The topological polar surface area (TPSA) is 97.5 Å². The number of nitrogens with one attached hydrogen (secondary N) is 1. The first-order chi connectivity index (χ1) is 9.70. The van der Waals surface area contributed by atoms with Crippen LogP contribution < -0.4 is 5.32 Å². The summed E-state index contributed by atoms with van der Waals surface area (Å²) in [5, 5.41) is 26.7. The maximum Gasteiger partial charge on any atom is 0.335 e. The number of benzene rings is 1. The molecule has 0 saturated carbocycles. The quantitative estimate of drug-likeness (QED) is 0.518. The molecule has 7 heteroatoms. The van der Waals surface area contributed by atoms with Crippen molar-refractivity contribution >= 4 is 18.1 Å². The van der Waals surface area contributed by atoms with E-state index in [-0.39, 0.29) is 12.2 Å². The molecule has 1 aliphatic heterocycles. The van der Waals surface area contributed by atoms with Gasteiger partial charge in [-0.1, -0.05) is 12.1 Å². The van der Waals surface area contributed by atoms with Crippen LogP contribution in [-0.4, -0.2) is 59.6 Å². The van der Waals surface area contributed by atoms with Crippen molar-refractivity contribution in [3.8, 4) is 0 Å². The second-order valence-electron chi connectivity index (χ2n) is 4.15. The summed E-state index contributed by atoms with van der Waals surface area (Å²) in [4.78, 5) is 15.0. The lowest BCUT2D eigenvalue weighted by Crippen LogP contribution is -2.36. The number of carboxylic acid groups (broad SMARTS) is 1. The molecule has 0 atom stereocenters. The van der Waals surface area contributed by atoms with Crippen LogP contribution in [0.1, 0.15) is 15.9 Å². The van der Waals surface area contributed by atoms with Gasteiger partial charge < -0.3 is 15.5 Å². The van der Waals surface area contributed by atoms with Crippen LogP contribution >= 0.6 is 0 Å². The molecule has 0 amide bonds. The Balaban J connectivity index is 2.07. The van der Waals surface area contributed by atoms with Crippen LogP contribution in [0.15, 0.2) is 34.4 Å². The highest BCUT2D eigenvalue weighted by atomic mass is 16.4. The van der Waals surface area contributed by atoms with Crippen LogP contribution in [0, 0.1) is 0 Å². The number of aliphatic hydroxyl groups excluding tert-OH is 1. The van der Waals surface area contributed by atoms with E-state index in [0.29, 0.717) is 19.0 Å². The summed E-state index contributed by atoms with van der Waals surface area (Å²) in [6.45, 7) is 1.77. The number of hydrogen-bond acceptors (Lipinski definition) is 6. The third-order valence-electron chi connectivity index (χ3n) is 2.72. The summed E-state index contributed by atoms with van der Waals surface area (Å²) in [5.74, 6) is -0.322. The number of aliphatic imine (C=N–C) groups is 1. The minimum absolute atomic E-state index is 0.0318. The normalized spacial score (nSPS) is 14.2. The van der Waals surface area contributed by atoms with Crippen molar-refractivity contribution in [2.45, 2.75) is 0 Å². The molecule has 1 aromatic carbocycles. The molecule has 0 spiro atoms. The number of aromatic carboxylic acids is 1. The SMILES string of the molecule is O=C(O)c1ccc(/C=N\N(CCO)C2=NCCN2)cc1. The number of aliphatic hydroxyl groups is 1. The highest BCUT2D eigenvalue weighted by molar-refractivity contribution is 5.89. The first kappa shape index (κ1) is 14.0. The number of guanidine groups is 1. The summed E-state index contributed by atoms with van der Waals surface area (Å²) in [7, 11) is 0. The Bertz CT molecular complexity index is 525. The van der Waals surface area contributed by atoms with E-state index in [1.54, 1.807) is 23.4 Å². The lowest BCUT2D eigenvalue weighted by Gasteiger charge is -2.17. The van der Waals surface area contributed by atoms with Crippen LogP contribution in [0.2, 0.25) is 0 Å². The first-order valence-corrected chi connectivity index (χ1v) is 6.25. The molecule has 106 valence electrons. The van der Waals surface area contributed by atoms with E-state index >= 15 is 0 Å². The lowest BCUT2D eigenvalue weighted by atomic mass is 10.1. The monoisotopic (exact) mass is 276 g/mol. The molecule has 0 fully saturated rings. The molecule has 0 saturated heterocycles. The molecule has 2 rings (SSSR count). The summed E-state index contributed by atoms with van der Waals surface area (Å²) < 4.78 is 0. The van der Waals surface area contributed by atoms with Crippen molar-refractivity contribution in [2.75, 3.05) is 26.2 Å². The summed E-state index contributed by atoms with van der Waals surface area (Å²) in [5.41, 5.74) is 1.01.